The molecule has 1 aromatic heterocycles. The molecule has 2 aliphatic heterocycles. The molecule has 4 rings (SSSR count). The number of carbonyl (C=O) groups excluding carboxylic acids is 1. The normalized spacial score (nSPS) is 22.8. The number of ether oxygens (including phenoxy) is 1. The van der Waals surface area contributed by atoms with Crippen LogP contribution in [0.3, 0.4) is 0 Å². The molecular weight excluding hydrogens is 437 g/mol. The summed E-state index contributed by atoms with van der Waals surface area (Å²) in [5.74, 6) is 0.297. The second-order valence-electron chi connectivity index (χ2n) is 9.11. The lowest BCUT2D eigenvalue weighted by Gasteiger charge is -2.27. The number of anilines is 2. The van der Waals surface area contributed by atoms with E-state index in [2.05, 4.69) is 5.32 Å². The second-order valence-corrected chi connectivity index (χ2v) is 9.11. The van der Waals surface area contributed by atoms with Crippen molar-refractivity contribution in [3.63, 3.8) is 0 Å². The lowest BCUT2D eigenvalue weighted by atomic mass is 9.98. The van der Waals surface area contributed by atoms with E-state index in [1.165, 1.54) is 6.07 Å². The summed E-state index contributed by atoms with van der Waals surface area (Å²) in [5, 5.41) is 13.0. The van der Waals surface area contributed by atoms with Gasteiger partial charge < -0.3 is 24.5 Å². The van der Waals surface area contributed by atoms with E-state index in [1.54, 1.807) is 19.1 Å². The van der Waals surface area contributed by atoms with Crippen molar-refractivity contribution in [3.05, 3.63) is 47.4 Å². The highest BCUT2D eigenvalue weighted by Gasteiger charge is 2.33. The van der Waals surface area contributed by atoms with E-state index in [9.17, 15) is 23.1 Å². The van der Waals surface area contributed by atoms with Gasteiger partial charge in [-0.15, -0.1) is 0 Å². The molecule has 2 saturated heterocycles. The van der Waals surface area contributed by atoms with Gasteiger partial charge in [-0.05, 0) is 69.4 Å². The van der Waals surface area contributed by atoms with Gasteiger partial charge in [0.1, 0.15) is 5.76 Å². The number of halogens is 3. The average Bonchev–Trinajstić information content (AvgIpc) is 3.19. The lowest BCUT2D eigenvalue weighted by molar-refractivity contribution is -0.137. The third-order valence-electron chi connectivity index (χ3n) is 6.45. The molecule has 3 heterocycles. The first-order chi connectivity index (χ1) is 15.6. The lowest BCUT2D eigenvalue weighted by Crippen LogP contribution is -2.29. The zero-order valence-corrected chi connectivity index (χ0v) is 18.6. The van der Waals surface area contributed by atoms with Gasteiger partial charge in [0.05, 0.1) is 22.5 Å². The highest BCUT2D eigenvalue weighted by molar-refractivity contribution is 6.04. The van der Waals surface area contributed by atoms with Crippen molar-refractivity contribution in [2.45, 2.75) is 56.7 Å². The van der Waals surface area contributed by atoms with Crippen LogP contribution in [0.25, 0.3) is 0 Å². The van der Waals surface area contributed by atoms with E-state index in [0.29, 0.717) is 57.0 Å². The summed E-state index contributed by atoms with van der Waals surface area (Å²) in [6, 6.07) is 6.65. The summed E-state index contributed by atoms with van der Waals surface area (Å²) < 4.78 is 51.3. The van der Waals surface area contributed by atoms with Crippen LogP contribution in [0.15, 0.2) is 34.7 Å². The number of hydrogen-bond acceptors (Lipinski definition) is 5. The van der Waals surface area contributed by atoms with E-state index < -0.39 is 23.2 Å². The summed E-state index contributed by atoms with van der Waals surface area (Å²) >= 11 is 0. The topological polar surface area (TPSA) is 74.9 Å². The van der Waals surface area contributed by atoms with Gasteiger partial charge in [-0.1, -0.05) is 0 Å². The number of aliphatic hydroxyl groups is 1. The fraction of sp³-hybridized carbons (Fsp3) is 0.542. The van der Waals surface area contributed by atoms with Crippen LogP contribution in [0.4, 0.5) is 24.5 Å². The molecule has 1 aromatic carbocycles. The molecule has 2 N–H and O–H groups in total. The number of furan rings is 1. The Bertz CT molecular complexity index is 980. The molecule has 9 heteroatoms. The van der Waals surface area contributed by atoms with Gasteiger partial charge >= 0.3 is 6.18 Å². The zero-order valence-electron chi connectivity index (χ0n) is 18.6. The Labute approximate surface area is 190 Å². The average molecular weight is 467 g/mol. The van der Waals surface area contributed by atoms with Crippen molar-refractivity contribution < 1.29 is 32.2 Å². The number of hydrogen-bond donors (Lipinski definition) is 2. The van der Waals surface area contributed by atoms with Crippen LogP contribution >= 0.6 is 0 Å². The highest BCUT2D eigenvalue weighted by Crippen LogP contribution is 2.37. The zero-order chi connectivity index (χ0) is 23.6. The van der Waals surface area contributed by atoms with Crippen molar-refractivity contribution in [3.8, 4) is 0 Å². The van der Waals surface area contributed by atoms with Gasteiger partial charge in [0.25, 0.3) is 5.91 Å². The number of carbonyl (C=O) groups is 1. The van der Waals surface area contributed by atoms with Crippen LogP contribution in [0.1, 0.15) is 66.8 Å². The number of amides is 1. The number of alkyl halides is 3. The Morgan fingerprint density at radius 1 is 1.15 bits per heavy atom. The minimum atomic E-state index is -4.54. The molecular formula is C24H29F3N2O4. The van der Waals surface area contributed by atoms with Gasteiger partial charge in [-0.2, -0.15) is 13.2 Å². The first-order valence-corrected chi connectivity index (χ1v) is 11.3. The first kappa shape index (κ1) is 23.6. The minimum Gasteiger partial charge on any atom is -0.456 e. The monoisotopic (exact) mass is 466 g/mol. The Kier molecular flexibility index (Phi) is 6.72. The van der Waals surface area contributed by atoms with Gasteiger partial charge in [0, 0.05) is 32.2 Å². The fourth-order valence-corrected chi connectivity index (χ4v) is 4.45. The molecule has 0 bridgehead atoms. The summed E-state index contributed by atoms with van der Waals surface area (Å²) in [7, 11) is 0. The van der Waals surface area contributed by atoms with Crippen molar-refractivity contribution in [1.82, 2.24) is 0 Å². The smallest absolute Gasteiger partial charge is 0.416 e. The number of nitrogens with one attached hydrogen (secondary N) is 1. The van der Waals surface area contributed by atoms with Crippen LogP contribution in [0.2, 0.25) is 0 Å². The number of benzene rings is 1. The summed E-state index contributed by atoms with van der Waals surface area (Å²) in [6.07, 6.45) is -1.17. The van der Waals surface area contributed by atoms with Crippen LogP contribution in [-0.2, 0) is 10.9 Å². The van der Waals surface area contributed by atoms with Crippen molar-refractivity contribution in [2.24, 2.45) is 0 Å². The molecule has 0 spiro atoms. The van der Waals surface area contributed by atoms with Crippen molar-refractivity contribution in [2.75, 3.05) is 36.5 Å². The van der Waals surface area contributed by atoms with Gasteiger partial charge in [-0.25, -0.2) is 0 Å². The molecule has 1 unspecified atom stereocenters. The highest BCUT2D eigenvalue weighted by atomic mass is 19.4. The SMILES string of the molecule is CC1(O)CCCN(c2ccc(C(F)(F)F)cc2NC(=O)c2ccc(C3CCOCC3)o2)CC1. The number of rotatable bonds is 4. The molecule has 180 valence electrons. The Morgan fingerprint density at radius 3 is 2.64 bits per heavy atom. The Morgan fingerprint density at radius 2 is 1.91 bits per heavy atom. The molecule has 2 fully saturated rings. The summed E-state index contributed by atoms with van der Waals surface area (Å²) in [4.78, 5) is 14.8. The van der Waals surface area contributed by atoms with Crippen molar-refractivity contribution >= 4 is 17.3 Å². The molecule has 1 amide bonds. The van der Waals surface area contributed by atoms with Crippen LogP contribution in [0, 0.1) is 0 Å². The van der Waals surface area contributed by atoms with Gasteiger partial charge in [-0.3, -0.25) is 4.79 Å². The standard InChI is InChI=1S/C24H29F3N2O4/c1-23(31)9-2-11-29(12-10-23)19-4-3-17(24(25,26)27)15-18(19)28-22(30)21-6-5-20(33-21)16-7-13-32-14-8-16/h3-6,15-16,31H,2,7-14H2,1H3,(H,28,30). The first-order valence-electron chi connectivity index (χ1n) is 11.3. The molecule has 6 nitrogen and oxygen atoms in total. The predicted octanol–water partition coefficient (Wildman–Crippen LogP) is 5.19. The van der Waals surface area contributed by atoms with Gasteiger partial charge in [0.15, 0.2) is 5.76 Å². The quantitative estimate of drug-likeness (QED) is 0.649. The third-order valence-corrected chi connectivity index (χ3v) is 6.45. The molecule has 0 saturated carbocycles. The third kappa shape index (κ3) is 5.70. The minimum absolute atomic E-state index is 0.0543. The molecule has 1 atom stereocenters. The predicted molar refractivity (Wildman–Crippen MR) is 118 cm³/mol. The molecule has 0 radical (unpaired) electrons. The summed E-state index contributed by atoms with van der Waals surface area (Å²) in [5.41, 5.74) is -1.10. The largest absolute Gasteiger partial charge is 0.456 e. The fourth-order valence-electron chi connectivity index (χ4n) is 4.45. The maximum atomic E-state index is 13.4. The maximum Gasteiger partial charge on any atom is 0.416 e. The maximum absolute atomic E-state index is 13.4. The van der Waals surface area contributed by atoms with Crippen LogP contribution in [0.5, 0.6) is 0 Å². The van der Waals surface area contributed by atoms with E-state index in [0.717, 1.165) is 25.0 Å². The van der Waals surface area contributed by atoms with E-state index in [1.807, 2.05) is 4.90 Å². The van der Waals surface area contributed by atoms with E-state index in [4.69, 9.17) is 9.15 Å². The second kappa shape index (κ2) is 9.38. The van der Waals surface area contributed by atoms with Crippen LogP contribution < -0.4 is 10.2 Å². The number of nitrogens with zero attached hydrogens (tertiary/aromatic N) is 1. The molecule has 33 heavy (non-hydrogen) atoms. The van der Waals surface area contributed by atoms with Crippen LogP contribution in [-0.4, -0.2) is 42.9 Å². The molecule has 2 aromatic rings. The van der Waals surface area contributed by atoms with Gasteiger partial charge in [0.2, 0.25) is 0 Å². The van der Waals surface area contributed by atoms with E-state index >= 15 is 0 Å². The van der Waals surface area contributed by atoms with E-state index in [-0.39, 0.29) is 17.4 Å². The Hall–Kier alpha value is -2.52. The van der Waals surface area contributed by atoms with Crippen molar-refractivity contribution in [1.29, 1.82) is 0 Å². The summed E-state index contributed by atoms with van der Waals surface area (Å²) in [6.45, 7) is 4.06. The molecule has 0 aliphatic carbocycles. The molecule has 2 aliphatic rings. The Balaban J connectivity index is 1.58.